The lowest BCUT2D eigenvalue weighted by molar-refractivity contribution is 0.272. The Labute approximate surface area is 66.8 Å². The van der Waals surface area contributed by atoms with E-state index < -0.39 is 0 Å². The van der Waals surface area contributed by atoms with Crippen LogP contribution in [0.3, 0.4) is 0 Å². The van der Waals surface area contributed by atoms with Crippen molar-refractivity contribution >= 4 is 0 Å². The second kappa shape index (κ2) is 4.21. The molecule has 0 aliphatic carbocycles. The first-order chi connectivity index (χ1) is 5.38. The molecule has 1 heterocycles. The fraction of sp³-hybridized carbons (Fsp3) is 1.00. The fourth-order valence-electron chi connectivity index (χ4n) is 1.65. The highest BCUT2D eigenvalue weighted by molar-refractivity contribution is 4.79. The van der Waals surface area contributed by atoms with Crippen molar-refractivity contribution in [2.75, 3.05) is 19.6 Å². The maximum atomic E-state index is 8.13. The molecule has 1 fully saturated rings. The molecule has 4 heteroatoms. The Morgan fingerprint density at radius 3 is 3.18 bits per heavy atom. The van der Waals surface area contributed by atoms with Gasteiger partial charge >= 0.3 is 0 Å². The predicted molar refractivity (Wildman–Crippen MR) is 44.3 cm³/mol. The highest BCUT2D eigenvalue weighted by Gasteiger charge is 2.21. The lowest BCUT2D eigenvalue weighted by Gasteiger charge is -2.20. The maximum absolute atomic E-state index is 8.13. The van der Waals surface area contributed by atoms with Crippen LogP contribution in [0.15, 0.2) is 5.11 Å². The number of likely N-dealkylation sites (tertiary alicyclic amines) is 1. The monoisotopic (exact) mass is 154 g/mol. The van der Waals surface area contributed by atoms with Gasteiger partial charge in [0.05, 0.1) is 0 Å². The molecule has 1 aliphatic rings. The second-order valence-electron chi connectivity index (χ2n) is 2.84. The maximum Gasteiger partial charge on any atom is 0.0414 e. The molecule has 0 saturated carbocycles. The smallest absolute Gasteiger partial charge is 0.0414 e. The topological polar surface area (TPSA) is 52.0 Å². The zero-order chi connectivity index (χ0) is 8.10. The van der Waals surface area contributed by atoms with E-state index in [4.69, 9.17) is 5.53 Å². The highest BCUT2D eigenvalue weighted by Crippen LogP contribution is 2.16. The summed E-state index contributed by atoms with van der Waals surface area (Å²) in [5.74, 6) is 0. The van der Waals surface area contributed by atoms with Crippen LogP contribution in [-0.4, -0.2) is 30.6 Å². The third kappa shape index (κ3) is 2.10. The Balaban J connectivity index is 2.36. The first-order valence-electron chi connectivity index (χ1n) is 4.13. The van der Waals surface area contributed by atoms with Crippen molar-refractivity contribution in [2.24, 2.45) is 5.11 Å². The largest absolute Gasteiger partial charge is 0.301 e. The van der Waals surface area contributed by atoms with E-state index in [1.165, 1.54) is 19.4 Å². The van der Waals surface area contributed by atoms with Crippen molar-refractivity contribution in [1.29, 1.82) is 0 Å². The Hall–Kier alpha value is -0.730. The number of hydrogen-bond acceptors (Lipinski definition) is 2. The van der Waals surface area contributed by atoms with Crippen LogP contribution in [0.2, 0.25) is 0 Å². The van der Waals surface area contributed by atoms with E-state index >= 15 is 0 Å². The molecule has 62 valence electrons. The summed E-state index contributed by atoms with van der Waals surface area (Å²) < 4.78 is 0. The molecule has 1 rings (SSSR count). The van der Waals surface area contributed by atoms with Crippen LogP contribution in [0.1, 0.15) is 19.8 Å². The van der Waals surface area contributed by atoms with Crippen molar-refractivity contribution < 1.29 is 0 Å². The van der Waals surface area contributed by atoms with Gasteiger partial charge in [0.15, 0.2) is 0 Å². The molecule has 0 spiro atoms. The molecular weight excluding hydrogens is 140 g/mol. The molecule has 4 nitrogen and oxygen atoms in total. The van der Waals surface area contributed by atoms with Crippen LogP contribution in [0, 0.1) is 0 Å². The second-order valence-corrected chi connectivity index (χ2v) is 2.84. The Morgan fingerprint density at radius 1 is 1.73 bits per heavy atom. The van der Waals surface area contributed by atoms with Crippen LogP contribution >= 0.6 is 0 Å². The number of nitrogens with zero attached hydrogens (tertiary/aromatic N) is 4. The molecule has 0 aromatic carbocycles. The summed E-state index contributed by atoms with van der Waals surface area (Å²) >= 11 is 0. The number of hydrogen-bond donors (Lipinski definition) is 0. The molecular formula is C7H14N4. The number of azide groups is 1. The summed E-state index contributed by atoms with van der Waals surface area (Å²) in [6, 6.07) is 0.510. The number of rotatable bonds is 3. The molecule has 0 amide bonds. The van der Waals surface area contributed by atoms with Gasteiger partial charge in [-0.15, -0.1) is 0 Å². The summed E-state index contributed by atoms with van der Waals surface area (Å²) in [5.41, 5.74) is 8.13. The van der Waals surface area contributed by atoms with Gasteiger partial charge in [0.2, 0.25) is 0 Å². The average Bonchev–Trinajstić information content (AvgIpc) is 2.47. The van der Waals surface area contributed by atoms with Gasteiger partial charge in [0, 0.05) is 17.5 Å². The van der Waals surface area contributed by atoms with Gasteiger partial charge in [-0.2, -0.15) is 0 Å². The summed E-state index contributed by atoms with van der Waals surface area (Å²) in [7, 11) is 0. The molecule has 1 aliphatic heterocycles. The van der Waals surface area contributed by atoms with E-state index in [-0.39, 0.29) is 0 Å². The summed E-state index contributed by atoms with van der Waals surface area (Å²) in [5, 5.41) is 3.59. The SMILES string of the molecule is CCN1CCCC1CN=[N+]=[N-]. The van der Waals surface area contributed by atoms with Crippen molar-refractivity contribution in [2.45, 2.75) is 25.8 Å². The summed E-state index contributed by atoms with van der Waals surface area (Å²) in [6.07, 6.45) is 2.44. The third-order valence-electron chi connectivity index (χ3n) is 2.26. The average molecular weight is 154 g/mol. The van der Waals surface area contributed by atoms with Crippen LogP contribution in [-0.2, 0) is 0 Å². The van der Waals surface area contributed by atoms with Crippen LogP contribution < -0.4 is 0 Å². The fourth-order valence-corrected chi connectivity index (χ4v) is 1.65. The first-order valence-corrected chi connectivity index (χ1v) is 4.13. The third-order valence-corrected chi connectivity index (χ3v) is 2.26. The first kappa shape index (κ1) is 8.37. The van der Waals surface area contributed by atoms with Gasteiger partial charge in [-0.25, -0.2) is 0 Å². The Kier molecular flexibility index (Phi) is 3.20. The molecule has 1 saturated heterocycles. The van der Waals surface area contributed by atoms with Gasteiger partial charge in [0.25, 0.3) is 0 Å². The van der Waals surface area contributed by atoms with Gasteiger partial charge in [-0.05, 0) is 31.5 Å². The van der Waals surface area contributed by atoms with E-state index in [1.807, 2.05) is 0 Å². The molecule has 0 N–H and O–H groups in total. The van der Waals surface area contributed by atoms with E-state index in [0.717, 1.165) is 6.54 Å². The van der Waals surface area contributed by atoms with E-state index in [9.17, 15) is 0 Å². The Bertz CT molecular complexity index is 162. The Morgan fingerprint density at radius 2 is 2.55 bits per heavy atom. The van der Waals surface area contributed by atoms with Gasteiger partial charge in [-0.1, -0.05) is 12.0 Å². The van der Waals surface area contributed by atoms with Crippen molar-refractivity contribution in [3.8, 4) is 0 Å². The number of likely N-dealkylation sites (N-methyl/N-ethyl adjacent to an activating group) is 1. The van der Waals surface area contributed by atoms with E-state index in [0.29, 0.717) is 12.6 Å². The molecule has 0 bridgehead atoms. The highest BCUT2D eigenvalue weighted by atomic mass is 15.2. The normalized spacial score (nSPS) is 25.0. The minimum atomic E-state index is 0.510. The van der Waals surface area contributed by atoms with E-state index in [2.05, 4.69) is 21.8 Å². The molecule has 1 unspecified atom stereocenters. The van der Waals surface area contributed by atoms with Crippen molar-refractivity contribution in [3.63, 3.8) is 0 Å². The molecule has 0 radical (unpaired) electrons. The predicted octanol–water partition coefficient (Wildman–Crippen LogP) is 1.78. The molecule has 0 aromatic heterocycles. The summed E-state index contributed by atoms with van der Waals surface area (Å²) in [6.45, 7) is 5.03. The molecule has 0 aromatic rings. The zero-order valence-corrected chi connectivity index (χ0v) is 6.90. The van der Waals surface area contributed by atoms with Gasteiger partial charge < -0.3 is 4.90 Å². The lowest BCUT2D eigenvalue weighted by atomic mass is 10.2. The van der Waals surface area contributed by atoms with Gasteiger partial charge in [-0.3, -0.25) is 0 Å². The summed E-state index contributed by atoms with van der Waals surface area (Å²) in [4.78, 5) is 5.14. The van der Waals surface area contributed by atoms with E-state index in [1.54, 1.807) is 0 Å². The minimum absolute atomic E-state index is 0.510. The van der Waals surface area contributed by atoms with Crippen LogP contribution in [0.25, 0.3) is 10.4 Å². The van der Waals surface area contributed by atoms with Crippen LogP contribution in [0.4, 0.5) is 0 Å². The standard InChI is InChI=1S/C7H14N4/c1-2-11-5-3-4-7(11)6-9-10-8/h7H,2-6H2,1H3. The zero-order valence-electron chi connectivity index (χ0n) is 6.90. The quantitative estimate of drug-likeness (QED) is 0.347. The van der Waals surface area contributed by atoms with Gasteiger partial charge in [0.1, 0.15) is 0 Å². The van der Waals surface area contributed by atoms with Crippen molar-refractivity contribution in [1.82, 2.24) is 4.90 Å². The van der Waals surface area contributed by atoms with Crippen molar-refractivity contribution in [3.05, 3.63) is 10.4 Å². The molecule has 11 heavy (non-hydrogen) atoms. The molecule has 1 atom stereocenters. The lowest BCUT2D eigenvalue weighted by Crippen LogP contribution is -2.31. The minimum Gasteiger partial charge on any atom is -0.301 e. The van der Waals surface area contributed by atoms with Crippen LogP contribution in [0.5, 0.6) is 0 Å².